The molecule has 2 heterocycles. The number of carbonyl (C=O) groups excluding carboxylic acids is 1. The number of amides is 1. The predicted octanol–water partition coefficient (Wildman–Crippen LogP) is 2.68. The number of nitrogens with zero attached hydrogens (tertiary/aromatic N) is 4. The van der Waals surface area contributed by atoms with Gasteiger partial charge in [-0.15, -0.1) is 0 Å². The van der Waals surface area contributed by atoms with E-state index in [1.807, 2.05) is 0 Å². The molecule has 1 aromatic carbocycles. The Balaban J connectivity index is 1.76. The number of likely N-dealkylation sites (tertiary alicyclic amines) is 1. The first-order chi connectivity index (χ1) is 12.5. The van der Waals surface area contributed by atoms with Crippen molar-refractivity contribution >= 4 is 5.91 Å². The summed E-state index contributed by atoms with van der Waals surface area (Å²) in [5.74, 6) is 0.181. The van der Waals surface area contributed by atoms with Crippen molar-refractivity contribution in [3.05, 3.63) is 48.2 Å². The van der Waals surface area contributed by atoms with Crippen molar-refractivity contribution in [2.45, 2.75) is 18.8 Å². The minimum atomic E-state index is -0.439. The zero-order chi connectivity index (χ0) is 18.5. The molecule has 2 aromatic rings. The predicted molar refractivity (Wildman–Crippen MR) is 95.6 cm³/mol. The van der Waals surface area contributed by atoms with Gasteiger partial charge in [-0.2, -0.15) is 0 Å². The molecule has 0 saturated carbocycles. The first kappa shape index (κ1) is 18.3. The fourth-order valence-electron chi connectivity index (χ4n) is 3.08. The quantitative estimate of drug-likeness (QED) is 0.822. The van der Waals surface area contributed by atoms with Gasteiger partial charge in [-0.3, -0.25) is 14.7 Å². The highest BCUT2D eigenvalue weighted by Gasteiger charge is 2.27. The van der Waals surface area contributed by atoms with Crippen LogP contribution in [0.25, 0.3) is 0 Å². The normalized spacial score (nSPS) is 17.7. The summed E-state index contributed by atoms with van der Waals surface area (Å²) >= 11 is 0. The number of carbonyl (C=O) groups is 1. The highest BCUT2D eigenvalue weighted by molar-refractivity contribution is 5.77. The van der Waals surface area contributed by atoms with Crippen LogP contribution in [0.15, 0.2) is 36.7 Å². The van der Waals surface area contributed by atoms with Crippen molar-refractivity contribution in [1.29, 1.82) is 0 Å². The van der Waals surface area contributed by atoms with Crippen molar-refractivity contribution in [3.8, 4) is 11.6 Å². The van der Waals surface area contributed by atoms with E-state index in [0.29, 0.717) is 24.7 Å². The molecule has 1 aliphatic rings. The van der Waals surface area contributed by atoms with E-state index in [-0.39, 0.29) is 17.6 Å². The maximum atomic E-state index is 13.9. The lowest BCUT2D eigenvalue weighted by Gasteiger charge is -2.32. The van der Waals surface area contributed by atoms with Crippen LogP contribution < -0.4 is 4.74 Å². The lowest BCUT2D eigenvalue weighted by atomic mass is 9.94. The molecule has 138 valence electrons. The van der Waals surface area contributed by atoms with Crippen LogP contribution in [0.2, 0.25) is 0 Å². The third-order valence-corrected chi connectivity index (χ3v) is 4.48. The minimum absolute atomic E-state index is 0.0765. The molecule has 7 heteroatoms. The van der Waals surface area contributed by atoms with Crippen LogP contribution in [-0.4, -0.2) is 59.4 Å². The summed E-state index contributed by atoms with van der Waals surface area (Å²) in [6.45, 7) is 1.96. The van der Waals surface area contributed by atoms with Crippen LogP contribution in [0.3, 0.4) is 0 Å². The molecule has 1 aromatic heterocycles. The summed E-state index contributed by atoms with van der Waals surface area (Å²) < 4.78 is 19.6. The van der Waals surface area contributed by atoms with Crippen LogP contribution >= 0.6 is 0 Å². The number of hydrogen-bond acceptors (Lipinski definition) is 5. The monoisotopic (exact) mass is 358 g/mol. The molecule has 0 radical (unpaired) electrons. The largest absolute Gasteiger partial charge is 0.434 e. The van der Waals surface area contributed by atoms with E-state index in [1.165, 1.54) is 12.3 Å². The zero-order valence-corrected chi connectivity index (χ0v) is 15.1. The number of para-hydroxylation sites is 1. The molecule has 0 aliphatic carbocycles. The Bertz CT molecular complexity index is 769. The highest BCUT2D eigenvalue weighted by atomic mass is 19.1. The lowest BCUT2D eigenvalue weighted by molar-refractivity contribution is -0.130. The number of benzene rings is 1. The molecular weight excluding hydrogens is 335 g/mol. The first-order valence-corrected chi connectivity index (χ1v) is 8.70. The van der Waals surface area contributed by atoms with Crippen LogP contribution in [0.4, 0.5) is 4.39 Å². The van der Waals surface area contributed by atoms with Gasteiger partial charge in [0.15, 0.2) is 11.6 Å². The molecule has 3 rings (SSSR count). The Kier molecular flexibility index (Phi) is 5.78. The van der Waals surface area contributed by atoms with E-state index in [9.17, 15) is 9.18 Å². The van der Waals surface area contributed by atoms with Gasteiger partial charge in [0.2, 0.25) is 11.8 Å². The fraction of sp³-hybridized carbons (Fsp3) is 0.421. The maximum Gasteiger partial charge on any atom is 0.241 e. The smallest absolute Gasteiger partial charge is 0.241 e. The fourth-order valence-corrected chi connectivity index (χ4v) is 3.08. The Labute approximate surface area is 152 Å². The summed E-state index contributed by atoms with van der Waals surface area (Å²) in [6.07, 6.45) is 5.05. The number of piperidine rings is 1. The van der Waals surface area contributed by atoms with Crippen molar-refractivity contribution < 1.29 is 13.9 Å². The number of rotatable bonds is 5. The number of hydrogen-bond donors (Lipinski definition) is 0. The molecular formula is C19H23FN4O2. The molecule has 0 bridgehead atoms. The van der Waals surface area contributed by atoms with Gasteiger partial charge in [0, 0.05) is 39.0 Å². The number of likely N-dealkylation sites (N-methyl/N-ethyl adjacent to an activating group) is 1. The topological polar surface area (TPSA) is 58.6 Å². The molecule has 0 spiro atoms. The average Bonchev–Trinajstić information content (AvgIpc) is 2.64. The Hall–Kier alpha value is -2.54. The SMILES string of the molecule is CN(C)C(=O)CN1CCC[C@H](c2nccnc2Oc2ccccc2F)C1. The van der Waals surface area contributed by atoms with Gasteiger partial charge in [0.05, 0.1) is 6.54 Å². The summed E-state index contributed by atoms with van der Waals surface area (Å²) in [7, 11) is 3.51. The molecule has 0 N–H and O–H groups in total. The summed E-state index contributed by atoms with van der Waals surface area (Å²) in [6, 6.07) is 6.24. The molecule has 1 fully saturated rings. The average molecular weight is 358 g/mol. The maximum absolute atomic E-state index is 13.9. The third kappa shape index (κ3) is 4.35. The molecule has 1 amide bonds. The standard InChI is InChI=1S/C19H23FN4O2/c1-23(2)17(25)13-24-11-5-6-14(12-24)18-19(22-10-9-21-18)26-16-8-4-3-7-15(16)20/h3-4,7-10,14H,5-6,11-13H2,1-2H3/t14-/m0/s1. The van der Waals surface area contributed by atoms with Crippen molar-refractivity contribution in [3.63, 3.8) is 0 Å². The van der Waals surface area contributed by atoms with E-state index in [2.05, 4.69) is 14.9 Å². The minimum Gasteiger partial charge on any atom is -0.434 e. The van der Waals surface area contributed by atoms with Gasteiger partial charge in [-0.25, -0.2) is 9.37 Å². The Morgan fingerprint density at radius 1 is 1.31 bits per heavy atom. The van der Waals surface area contributed by atoms with E-state index in [1.54, 1.807) is 43.4 Å². The molecule has 6 nitrogen and oxygen atoms in total. The van der Waals surface area contributed by atoms with Gasteiger partial charge >= 0.3 is 0 Å². The van der Waals surface area contributed by atoms with E-state index >= 15 is 0 Å². The highest BCUT2D eigenvalue weighted by Crippen LogP contribution is 2.33. The van der Waals surface area contributed by atoms with E-state index < -0.39 is 5.82 Å². The molecule has 0 unspecified atom stereocenters. The Morgan fingerprint density at radius 2 is 2.08 bits per heavy atom. The number of ether oxygens (including phenoxy) is 1. The summed E-state index contributed by atoms with van der Waals surface area (Å²) in [5.41, 5.74) is 0.706. The van der Waals surface area contributed by atoms with Gasteiger partial charge in [-0.1, -0.05) is 12.1 Å². The van der Waals surface area contributed by atoms with Gasteiger partial charge < -0.3 is 9.64 Å². The lowest BCUT2D eigenvalue weighted by Crippen LogP contribution is -2.41. The van der Waals surface area contributed by atoms with E-state index in [4.69, 9.17) is 4.74 Å². The second-order valence-corrected chi connectivity index (χ2v) is 6.64. The second kappa shape index (κ2) is 8.23. The third-order valence-electron chi connectivity index (χ3n) is 4.48. The van der Waals surface area contributed by atoms with E-state index in [0.717, 1.165) is 19.4 Å². The van der Waals surface area contributed by atoms with Gasteiger partial charge in [-0.05, 0) is 31.5 Å². The van der Waals surface area contributed by atoms with Crippen LogP contribution in [0, 0.1) is 5.82 Å². The van der Waals surface area contributed by atoms with Crippen molar-refractivity contribution in [2.75, 3.05) is 33.7 Å². The molecule has 1 saturated heterocycles. The van der Waals surface area contributed by atoms with Crippen LogP contribution in [0.1, 0.15) is 24.5 Å². The van der Waals surface area contributed by atoms with Gasteiger partial charge in [0.25, 0.3) is 0 Å². The first-order valence-electron chi connectivity index (χ1n) is 8.70. The summed E-state index contributed by atoms with van der Waals surface area (Å²) in [5, 5.41) is 0. The van der Waals surface area contributed by atoms with Gasteiger partial charge in [0.1, 0.15) is 5.69 Å². The van der Waals surface area contributed by atoms with Crippen LogP contribution in [-0.2, 0) is 4.79 Å². The second-order valence-electron chi connectivity index (χ2n) is 6.64. The molecule has 1 aliphatic heterocycles. The number of aromatic nitrogens is 2. The van der Waals surface area contributed by atoms with Crippen molar-refractivity contribution in [1.82, 2.24) is 19.8 Å². The molecule has 26 heavy (non-hydrogen) atoms. The van der Waals surface area contributed by atoms with Crippen molar-refractivity contribution in [2.24, 2.45) is 0 Å². The number of halogens is 1. The Morgan fingerprint density at radius 3 is 2.85 bits per heavy atom. The summed E-state index contributed by atoms with van der Waals surface area (Å²) in [4.78, 5) is 24.4. The molecule has 1 atom stereocenters. The zero-order valence-electron chi connectivity index (χ0n) is 15.1. The van der Waals surface area contributed by atoms with Crippen LogP contribution in [0.5, 0.6) is 11.6 Å².